The van der Waals surface area contributed by atoms with E-state index in [0.29, 0.717) is 5.57 Å². The molecule has 11 heavy (non-hydrogen) atoms. The summed E-state index contributed by atoms with van der Waals surface area (Å²) in [4.78, 5) is 21.5. The van der Waals surface area contributed by atoms with Crippen molar-refractivity contribution in [1.29, 1.82) is 0 Å². The van der Waals surface area contributed by atoms with E-state index in [9.17, 15) is 9.59 Å². The lowest BCUT2D eigenvalue weighted by molar-refractivity contribution is -0.125. The van der Waals surface area contributed by atoms with Crippen molar-refractivity contribution >= 4 is 11.8 Å². The van der Waals surface area contributed by atoms with Crippen LogP contribution < -0.4 is 5.32 Å². The number of imide groups is 1. The molecule has 3 heteroatoms. The molecule has 0 aromatic heterocycles. The average molecular weight is 153 g/mol. The third kappa shape index (κ3) is 4.08. The van der Waals surface area contributed by atoms with Gasteiger partial charge in [-0.15, -0.1) is 0 Å². The molecule has 0 rings (SSSR count). The summed E-state index contributed by atoms with van der Waals surface area (Å²) in [5.74, 6) is -0.853. The quantitative estimate of drug-likeness (QED) is 0.596. The molecule has 1 N–H and O–H groups in total. The molecule has 0 aliphatic heterocycles. The molecule has 0 saturated carbocycles. The van der Waals surface area contributed by atoms with Gasteiger partial charge < -0.3 is 0 Å². The first kappa shape index (κ1) is 9.62. The maximum Gasteiger partial charge on any atom is 0.253 e. The second-order valence-electron chi connectivity index (χ2n) is 2.10. The molecule has 0 saturated heterocycles. The van der Waals surface area contributed by atoms with E-state index in [0.717, 1.165) is 0 Å². The summed E-state index contributed by atoms with van der Waals surface area (Å²) in [5, 5.41) is 2.12. The average Bonchev–Trinajstić information content (AvgIpc) is 1.87. The Morgan fingerprint density at radius 2 is 2.00 bits per heavy atom. The number of allylic oxidation sites excluding steroid dienone is 1. The summed E-state index contributed by atoms with van der Waals surface area (Å²) in [6.07, 6.45) is 2.84. The number of nitrogens with one attached hydrogen (secondary N) is 1. The van der Waals surface area contributed by atoms with Gasteiger partial charge in [0.1, 0.15) is 0 Å². The fourth-order valence-corrected chi connectivity index (χ4v) is 0.412. The first-order valence-electron chi connectivity index (χ1n) is 3.21. The Morgan fingerprint density at radius 1 is 1.45 bits per heavy atom. The Kier molecular flexibility index (Phi) is 3.88. The van der Waals surface area contributed by atoms with E-state index < -0.39 is 11.8 Å². The molecule has 0 aliphatic rings. The molecule has 0 aromatic carbocycles. The maximum absolute atomic E-state index is 10.8. The van der Waals surface area contributed by atoms with Crippen molar-refractivity contribution in [2.45, 2.75) is 13.8 Å². The van der Waals surface area contributed by atoms with Crippen molar-refractivity contribution < 1.29 is 9.59 Å². The van der Waals surface area contributed by atoms with Crippen molar-refractivity contribution in [1.82, 2.24) is 5.32 Å². The molecular formula is C8H11NO2. The van der Waals surface area contributed by atoms with E-state index in [1.54, 1.807) is 13.0 Å². The van der Waals surface area contributed by atoms with Gasteiger partial charge in [0, 0.05) is 5.57 Å². The van der Waals surface area contributed by atoms with Gasteiger partial charge in [0.2, 0.25) is 5.91 Å². The van der Waals surface area contributed by atoms with Crippen molar-refractivity contribution in [2.24, 2.45) is 0 Å². The topological polar surface area (TPSA) is 46.2 Å². The van der Waals surface area contributed by atoms with Gasteiger partial charge in [-0.3, -0.25) is 14.9 Å². The van der Waals surface area contributed by atoms with E-state index >= 15 is 0 Å². The van der Waals surface area contributed by atoms with Gasteiger partial charge in [0.25, 0.3) is 5.91 Å². The van der Waals surface area contributed by atoms with Crippen molar-refractivity contribution in [3.8, 4) is 0 Å². The SMILES string of the molecule is C=C(C)C(=O)NC(=O)/C=C/C. The molecule has 0 aromatic rings. The minimum Gasteiger partial charge on any atom is -0.289 e. The van der Waals surface area contributed by atoms with Crippen LogP contribution in [0.1, 0.15) is 13.8 Å². The Balaban J connectivity index is 3.96. The predicted octanol–water partition coefficient (Wildman–Crippen LogP) is 0.781. The van der Waals surface area contributed by atoms with E-state index in [1.807, 2.05) is 0 Å². The first-order valence-corrected chi connectivity index (χ1v) is 3.21. The fraction of sp³-hybridized carbons (Fsp3) is 0.250. The van der Waals surface area contributed by atoms with Crippen LogP contribution in [0.2, 0.25) is 0 Å². The summed E-state index contributed by atoms with van der Waals surface area (Å²) in [5.41, 5.74) is 0.322. The highest BCUT2D eigenvalue weighted by molar-refractivity contribution is 6.06. The Hall–Kier alpha value is -1.38. The van der Waals surface area contributed by atoms with Crippen molar-refractivity contribution in [3.05, 3.63) is 24.3 Å². The number of hydrogen-bond donors (Lipinski definition) is 1. The van der Waals surface area contributed by atoms with Crippen molar-refractivity contribution in [3.63, 3.8) is 0 Å². The monoisotopic (exact) mass is 153 g/mol. The standard InChI is InChI=1S/C8H11NO2/c1-4-5-7(10)9-8(11)6(2)3/h4-5H,2H2,1,3H3,(H,9,10,11)/b5-4+. The van der Waals surface area contributed by atoms with Crippen LogP contribution in [0.3, 0.4) is 0 Å². The van der Waals surface area contributed by atoms with Crippen LogP contribution in [0.25, 0.3) is 0 Å². The van der Waals surface area contributed by atoms with Crippen LogP contribution in [0.5, 0.6) is 0 Å². The van der Waals surface area contributed by atoms with Crippen LogP contribution in [0, 0.1) is 0 Å². The van der Waals surface area contributed by atoms with Crippen LogP contribution in [-0.2, 0) is 9.59 Å². The zero-order valence-corrected chi connectivity index (χ0v) is 6.68. The highest BCUT2D eigenvalue weighted by Crippen LogP contribution is 1.85. The molecule has 0 radical (unpaired) electrons. The van der Waals surface area contributed by atoms with Gasteiger partial charge in [-0.1, -0.05) is 12.7 Å². The van der Waals surface area contributed by atoms with Gasteiger partial charge in [-0.2, -0.15) is 0 Å². The molecule has 60 valence electrons. The van der Waals surface area contributed by atoms with Gasteiger partial charge in [-0.25, -0.2) is 0 Å². The molecule has 0 fully saturated rings. The lowest BCUT2D eigenvalue weighted by Crippen LogP contribution is -2.28. The molecule has 2 amide bonds. The molecular weight excluding hydrogens is 142 g/mol. The van der Waals surface area contributed by atoms with Crippen LogP contribution >= 0.6 is 0 Å². The molecule has 0 unspecified atom stereocenters. The van der Waals surface area contributed by atoms with Crippen LogP contribution in [-0.4, -0.2) is 11.8 Å². The Labute approximate surface area is 65.8 Å². The second-order valence-corrected chi connectivity index (χ2v) is 2.10. The third-order valence-corrected chi connectivity index (χ3v) is 0.942. The van der Waals surface area contributed by atoms with Gasteiger partial charge in [0.05, 0.1) is 0 Å². The normalized spacial score (nSPS) is 9.64. The molecule has 3 nitrogen and oxygen atoms in total. The zero-order chi connectivity index (χ0) is 8.85. The minimum absolute atomic E-state index is 0.322. The summed E-state index contributed by atoms with van der Waals surface area (Å²) in [6.45, 7) is 6.62. The lowest BCUT2D eigenvalue weighted by atomic mass is 10.3. The summed E-state index contributed by atoms with van der Waals surface area (Å²) < 4.78 is 0. The van der Waals surface area contributed by atoms with Crippen molar-refractivity contribution in [2.75, 3.05) is 0 Å². The van der Waals surface area contributed by atoms with Crippen LogP contribution in [0.15, 0.2) is 24.3 Å². The van der Waals surface area contributed by atoms with Crippen LogP contribution in [0.4, 0.5) is 0 Å². The number of carbonyl (C=O) groups is 2. The summed E-state index contributed by atoms with van der Waals surface area (Å²) in [7, 11) is 0. The molecule has 0 bridgehead atoms. The largest absolute Gasteiger partial charge is 0.289 e. The summed E-state index contributed by atoms with van der Waals surface area (Å²) >= 11 is 0. The third-order valence-electron chi connectivity index (χ3n) is 0.942. The number of rotatable bonds is 2. The highest BCUT2D eigenvalue weighted by Gasteiger charge is 2.03. The first-order chi connectivity index (χ1) is 5.07. The van der Waals surface area contributed by atoms with Gasteiger partial charge in [-0.05, 0) is 19.9 Å². The van der Waals surface area contributed by atoms with E-state index in [4.69, 9.17) is 0 Å². The smallest absolute Gasteiger partial charge is 0.253 e. The molecule has 0 heterocycles. The zero-order valence-electron chi connectivity index (χ0n) is 6.68. The fourth-order valence-electron chi connectivity index (χ4n) is 0.412. The molecule has 0 aliphatic carbocycles. The van der Waals surface area contributed by atoms with E-state index in [2.05, 4.69) is 11.9 Å². The minimum atomic E-state index is -0.437. The van der Waals surface area contributed by atoms with E-state index in [1.165, 1.54) is 13.0 Å². The highest BCUT2D eigenvalue weighted by atomic mass is 16.2. The summed E-state index contributed by atoms with van der Waals surface area (Å²) in [6, 6.07) is 0. The Morgan fingerprint density at radius 3 is 2.36 bits per heavy atom. The molecule has 0 spiro atoms. The van der Waals surface area contributed by atoms with Gasteiger partial charge in [0.15, 0.2) is 0 Å². The predicted molar refractivity (Wildman–Crippen MR) is 42.8 cm³/mol. The maximum atomic E-state index is 10.8. The number of carbonyl (C=O) groups excluding carboxylic acids is 2. The van der Waals surface area contributed by atoms with E-state index in [-0.39, 0.29) is 0 Å². The number of hydrogen-bond acceptors (Lipinski definition) is 2. The Bertz CT molecular complexity index is 216. The number of amides is 2. The molecule has 0 atom stereocenters. The van der Waals surface area contributed by atoms with Gasteiger partial charge >= 0.3 is 0 Å². The lowest BCUT2D eigenvalue weighted by Gasteiger charge is -1.97. The second kappa shape index (κ2) is 4.44.